The van der Waals surface area contributed by atoms with E-state index >= 15 is 0 Å². The zero-order valence-electron chi connectivity index (χ0n) is 30.0. The van der Waals surface area contributed by atoms with Crippen LogP contribution in [0.1, 0.15) is 206 Å². The second kappa shape index (κ2) is 36.3. The minimum Gasteiger partial charge on any atom is -0.392 e. The van der Waals surface area contributed by atoms with Crippen molar-refractivity contribution in [2.45, 2.75) is 206 Å². The lowest BCUT2D eigenvalue weighted by Crippen LogP contribution is -2.39. The van der Waals surface area contributed by atoms with Crippen molar-refractivity contribution in [3.8, 4) is 0 Å². The Bertz CT molecular complexity index is 637. The molecule has 0 aliphatic rings. The van der Waals surface area contributed by atoms with Gasteiger partial charge in [-0.05, 0) is 38.5 Å². The predicted octanol–water partition coefficient (Wildman–Crippen LogP) is 11.8. The van der Waals surface area contributed by atoms with Gasteiger partial charge in [0.25, 0.3) is 0 Å². The van der Waals surface area contributed by atoms with Crippen molar-refractivity contribution in [3.63, 3.8) is 0 Å². The first-order valence-corrected chi connectivity index (χ1v) is 19.4. The summed E-state index contributed by atoms with van der Waals surface area (Å²) >= 11 is 0. The van der Waals surface area contributed by atoms with Gasteiger partial charge in [-0.1, -0.05) is 174 Å². The zero-order valence-corrected chi connectivity index (χ0v) is 30.0. The molecule has 260 valence electrons. The topological polar surface area (TPSA) is 58.6 Å². The Labute approximate surface area is 275 Å². The number of rotatable bonds is 35. The van der Waals surface area contributed by atoms with E-state index in [9.17, 15) is 9.59 Å². The van der Waals surface area contributed by atoms with Crippen LogP contribution >= 0.6 is 0 Å². The summed E-state index contributed by atoms with van der Waals surface area (Å²) in [5.74, 6) is -0.858. The molecule has 0 saturated carbocycles. The Morgan fingerprint density at radius 1 is 0.500 bits per heavy atom. The minimum atomic E-state index is -0.468. The number of esters is 2. The summed E-state index contributed by atoms with van der Waals surface area (Å²) < 4.78 is 5.01. The van der Waals surface area contributed by atoms with Gasteiger partial charge in [0.2, 0.25) is 0 Å². The van der Waals surface area contributed by atoms with Crippen LogP contribution in [-0.4, -0.2) is 37.1 Å². The van der Waals surface area contributed by atoms with Crippen molar-refractivity contribution in [1.82, 2.24) is 10.4 Å². The fourth-order valence-electron chi connectivity index (χ4n) is 5.74. The molecule has 0 spiro atoms. The minimum absolute atomic E-state index is 0.0942. The molecule has 0 amide bonds. The molecule has 0 aliphatic carbocycles. The van der Waals surface area contributed by atoms with Crippen LogP contribution in [0.5, 0.6) is 0 Å². The molecule has 0 aromatic carbocycles. The average Bonchev–Trinajstić information content (AvgIpc) is 3.00. The second-order valence-electron chi connectivity index (χ2n) is 13.2. The molecule has 0 bridgehead atoms. The SMILES string of the molecule is CCCCCCCC/C=C\CCCCCCCC(=O)OC(=O)CN(C)NCCCCCCCCCCCCCCCCCC. The van der Waals surface area contributed by atoms with Crippen LogP contribution in [0.2, 0.25) is 0 Å². The third-order valence-electron chi connectivity index (χ3n) is 8.65. The lowest BCUT2D eigenvalue weighted by atomic mass is 10.0. The number of carbonyl (C=O) groups excluding carboxylic acids is 2. The summed E-state index contributed by atoms with van der Waals surface area (Å²) in [4.78, 5) is 24.1. The molecular formula is C39H76N2O3. The fourth-order valence-corrected chi connectivity index (χ4v) is 5.74. The van der Waals surface area contributed by atoms with E-state index in [1.165, 1.54) is 154 Å². The number of hydrogen-bond donors (Lipinski definition) is 1. The number of ether oxygens (including phenoxy) is 1. The number of hydrogen-bond acceptors (Lipinski definition) is 5. The van der Waals surface area contributed by atoms with Crippen LogP contribution in [0.25, 0.3) is 0 Å². The van der Waals surface area contributed by atoms with Gasteiger partial charge in [-0.2, -0.15) is 0 Å². The molecule has 0 atom stereocenters. The highest BCUT2D eigenvalue weighted by molar-refractivity contribution is 5.86. The molecule has 0 aliphatic heterocycles. The number of hydrazine groups is 1. The summed E-state index contributed by atoms with van der Waals surface area (Å²) in [7, 11) is 1.84. The van der Waals surface area contributed by atoms with Gasteiger partial charge in [0, 0.05) is 20.0 Å². The first kappa shape index (κ1) is 42.8. The van der Waals surface area contributed by atoms with Gasteiger partial charge in [-0.3, -0.25) is 15.0 Å². The standard InChI is InChI=1S/C39H76N2O3/c1-4-6-8-10-12-14-16-18-20-22-24-26-28-30-32-34-36-40-41(3)37-39(43)44-38(42)35-33-31-29-27-25-23-21-19-17-15-13-11-9-7-5-2/h19,21,40H,4-18,20,22-37H2,1-3H3/b21-19-. The molecule has 0 heterocycles. The van der Waals surface area contributed by atoms with Gasteiger partial charge in [0.15, 0.2) is 0 Å². The Morgan fingerprint density at radius 2 is 0.864 bits per heavy atom. The molecule has 0 aromatic heterocycles. The van der Waals surface area contributed by atoms with Crippen molar-refractivity contribution >= 4 is 11.9 Å². The smallest absolute Gasteiger partial charge is 0.329 e. The molecule has 5 heteroatoms. The van der Waals surface area contributed by atoms with Crippen molar-refractivity contribution in [3.05, 3.63) is 12.2 Å². The van der Waals surface area contributed by atoms with E-state index in [1.54, 1.807) is 5.01 Å². The number of nitrogens with one attached hydrogen (secondary N) is 1. The number of carbonyl (C=O) groups is 2. The number of unbranched alkanes of at least 4 members (excludes halogenated alkanes) is 26. The van der Waals surface area contributed by atoms with Gasteiger partial charge in [0.1, 0.15) is 6.54 Å². The van der Waals surface area contributed by atoms with Crippen LogP contribution in [0, 0.1) is 0 Å². The maximum atomic E-state index is 12.1. The third-order valence-corrected chi connectivity index (χ3v) is 8.65. The Morgan fingerprint density at radius 3 is 1.30 bits per heavy atom. The van der Waals surface area contributed by atoms with E-state index in [0.717, 1.165) is 38.6 Å². The van der Waals surface area contributed by atoms with Gasteiger partial charge in [-0.25, -0.2) is 5.01 Å². The molecular weight excluding hydrogens is 544 g/mol. The van der Waals surface area contributed by atoms with Crippen LogP contribution in [0.3, 0.4) is 0 Å². The summed E-state index contributed by atoms with van der Waals surface area (Å²) in [5, 5.41) is 1.74. The monoisotopic (exact) mass is 621 g/mol. The van der Waals surface area contributed by atoms with E-state index in [1.807, 2.05) is 7.05 Å². The molecule has 0 rings (SSSR count). The maximum Gasteiger partial charge on any atom is 0.329 e. The fraction of sp³-hybridized carbons (Fsp3) is 0.897. The Hall–Kier alpha value is -1.20. The summed E-state index contributed by atoms with van der Waals surface area (Å²) in [5.41, 5.74) is 3.25. The van der Waals surface area contributed by atoms with Crippen molar-refractivity contribution in [2.24, 2.45) is 0 Å². The molecule has 44 heavy (non-hydrogen) atoms. The van der Waals surface area contributed by atoms with E-state index < -0.39 is 5.97 Å². The van der Waals surface area contributed by atoms with E-state index in [2.05, 4.69) is 31.4 Å². The Kier molecular flexibility index (Phi) is 35.3. The highest BCUT2D eigenvalue weighted by Crippen LogP contribution is 2.14. The van der Waals surface area contributed by atoms with Crippen LogP contribution in [-0.2, 0) is 14.3 Å². The van der Waals surface area contributed by atoms with Crippen LogP contribution in [0.15, 0.2) is 12.2 Å². The van der Waals surface area contributed by atoms with E-state index in [4.69, 9.17) is 4.74 Å². The predicted molar refractivity (Wildman–Crippen MR) is 191 cm³/mol. The number of likely N-dealkylation sites (N-methyl/N-ethyl adjacent to an activating group) is 1. The Balaban J connectivity index is 3.42. The summed E-state index contributed by atoms with van der Waals surface area (Å²) in [6, 6.07) is 0. The first-order valence-electron chi connectivity index (χ1n) is 19.4. The first-order chi connectivity index (χ1) is 21.6. The molecule has 0 unspecified atom stereocenters. The van der Waals surface area contributed by atoms with Gasteiger partial charge >= 0.3 is 11.9 Å². The van der Waals surface area contributed by atoms with Crippen molar-refractivity contribution in [1.29, 1.82) is 0 Å². The largest absolute Gasteiger partial charge is 0.392 e. The zero-order chi connectivity index (χ0) is 32.2. The molecule has 0 aromatic rings. The van der Waals surface area contributed by atoms with Crippen molar-refractivity contribution < 1.29 is 14.3 Å². The summed E-state index contributed by atoms with van der Waals surface area (Å²) in [6.07, 6.45) is 42.8. The lowest BCUT2D eigenvalue weighted by Gasteiger charge is -2.16. The second-order valence-corrected chi connectivity index (χ2v) is 13.2. The van der Waals surface area contributed by atoms with E-state index in [-0.39, 0.29) is 12.5 Å². The summed E-state index contributed by atoms with van der Waals surface area (Å²) in [6.45, 7) is 5.49. The number of allylic oxidation sites excluding steroid dienone is 2. The molecule has 5 nitrogen and oxygen atoms in total. The quantitative estimate of drug-likeness (QED) is 0.0251. The maximum absolute atomic E-state index is 12.1. The molecule has 0 saturated heterocycles. The van der Waals surface area contributed by atoms with Gasteiger partial charge in [-0.15, -0.1) is 0 Å². The molecule has 1 N–H and O–H groups in total. The van der Waals surface area contributed by atoms with Gasteiger partial charge in [0.05, 0.1) is 0 Å². The van der Waals surface area contributed by atoms with Crippen LogP contribution < -0.4 is 5.43 Å². The normalized spacial score (nSPS) is 11.6. The van der Waals surface area contributed by atoms with Crippen molar-refractivity contribution in [2.75, 3.05) is 20.1 Å². The third kappa shape index (κ3) is 35.3. The van der Waals surface area contributed by atoms with E-state index in [0.29, 0.717) is 6.42 Å². The molecule has 0 fully saturated rings. The highest BCUT2D eigenvalue weighted by Gasteiger charge is 2.12. The molecule has 0 radical (unpaired) electrons. The highest BCUT2D eigenvalue weighted by atomic mass is 16.6. The lowest BCUT2D eigenvalue weighted by molar-refractivity contribution is -0.160. The number of nitrogens with zero attached hydrogens (tertiary/aromatic N) is 1. The van der Waals surface area contributed by atoms with Gasteiger partial charge < -0.3 is 4.74 Å². The average molecular weight is 621 g/mol. The van der Waals surface area contributed by atoms with Crippen LogP contribution in [0.4, 0.5) is 0 Å².